The molecule has 0 saturated heterocycles. The molecule has 1 aromatic heterocycles. The van der Waals surface area contributed by atoms with Gasteiger partial charge in [0, 0.05) is 25.0 Å². The number of nitrogens with one attached hydrogen (secondary N) is 1. The van der Waals surface area contributed by atoms with Crippen molar-refractivity contribution in [3.8, 4) is 0 Å². The summed E-state index contributed by atoms with van der Waals surface area (Å²) in [4.78, 5) is 16.2. The van der Waals surface area contributed by atoms with Gasteiger partial charge in [0.2, 0.25) is 0 Å². The van der Waals surface area contributed by atoms with Crippen molar-refractivity contribution in [2.24, 2.45) is 0 Å². The Morgan fingerprint density at radius 1 is 1.50 bits per heavy atom. The quantitative estimate of drug-likeness (QED) is 0.803. The van der Waals surface area contributed by atoms with Crippen LogP contribution in [0.1, 0.15) is 44.9 Å². The predicted octanol–water partition coefficient (Wildman–Crippen LogP) is 1.94. The zero-order valence-corrected chi connectivity index (χ0v) is 11.2. The Labute approximate surface area is 109 Å². The van der Waals surface area contributed by atoms with Crippen LogP contribution >= 0.6 is 0 Å². The van der Waals surface area contributed by atoms with Crippen LogP contribution in [0.3, 0.4) is 0 Å². The molecule has 0 bridgehead atoms. The lowest BCUT2D eigenvalue weighted by Crippen LogP contribution is -2.32. The molecule has 0 unspecified atom stereocenters. The van der Waals surface area contributed by atoms with Gasteiger partial charge in [0.25, 0.3) is 0 Å². The highest BCUT2D eigenvalue weighted by atomic mass is 16.1. The van der Waals surface area contributed by atoms with Crippen LogP contribution < -0.4 is 5.32 Å². The molecule has 1 aliphatic rings. The van der Waals surface area contributed by atoms with Crippen molar-refractivity contribution >= 4 is 5.78 Å². The van der Waals surface area contributed by atoms with Gasteiger partial charge in [0.05, 0.1) is 13.0 Å². The van der Waals surface area contributed by atoms with Crippen LogP contribution in [0, 0.1) is 0 Å². The standard InChI is InChI=1S/C14H23N3O/c1-2-8-17-9-7-15-14(17)10-13(18)11-16-12-5-3-4-6-12/h7,9,12,16H,2-6,8,10-11H2,1H3. The first-order valence-electron chi connectivity index (χ1n) is 7.04. The number of ketones is 1. The fraction of sp³-hybridized carbons (Fsp3) is 0.714. The average Bonchev–Trinajstić information content (AvgIpc) is 2.99. The smallest absolute Gasteiger partial charge is 0.154 e. The molecule has 4 nitrogen and oxygen atoms in total. The molecule has 0 spiro atoms. The topological polar surface area (TPSA) is 46.9 Å². The highest BCUT2D eigenvalue weighted by Crippen LogP contribution is 2.17. The van der Waals surface area contributed by atoms with Gasteiger partial charge in [-0.25, -0.2) is 4.98 Å². The number of Topliss-reactive ketones (excluding diaryl/α,β-unsaturated/α-hetero) is 1. The minimum absolute atomic E-state index is 0.241. The first-order valence-corrected chi connectivity index (χ1v) is 7.04. The van der Waals surface area contributed by atoms with Crippen LogP contribution in [0.5, 0.6) is 0 Å². The molecule has 0 radical (unpaired) electrons. The largest absolute Gasteiger partial charge is 0.335 e. The molecule has 0 atom stereocenters. The Kier molecular flexibility index (Phi) is 4.93. The van der Waals surface area contributed by atoms with Crippen molar-refractivity contribution in [1.29, 1.82) is 0 Å². The van der Waals surface area contributed by atoms with Gasteiger partial charge in [-0.3, -0.25) is 4.79 Å². The molecular formula is C14H23N3O. The van der Waals surface area contributed by atoms with E-state index >= 15 is 0 Å². The highest BCUT2D eigenvalue weighted by molar-refractivity contribution is 5.82. The van der Waals surface area contributed by atoms with E-state index in [9.17, 15) is 4.79 Å². The van der Waals surface area contributed by atoms with Crippen molar-refractivity contribution in [3.63, 3.8) is 0 Å². The maximum atomic E-state index is 11.9. The van der Waals surface area contributed by atoms with E-state index in [1.54, 1.807) is 6.20 Å². The fourth-order valence-corrected chi connectivity index (χ4v) is 2.58. The molecule has 1 heterocycles. The Balaban J connectivity index is 1.77. The van der Waals surface area contributed by atoms with Gasteiger partial charge in [0.1, 0.15) is 5.82 Å². The Morgan fingerprint density at radius 2 is 2.28 bits per heavy atom. The molecular weight excluding hydrogens is 226 g/mol. The second kappa shape index (κ2) is 6.69. The third kappa shape index (κ3) is 3.67. The third-order valence-electron chi connectivity index (χ3n) is 3.56. The fourth-order valence-electron chi connectivity index (χ4n) is 2.58. The van der Waals surface area contributed by atoms with Gasteiger partial charge < -0.3 is 9.88 Å². The molecule has 100 valence electrons. The van der Waals surface area contributed by atoms with Gasteiger partial charge in [-0.15, -0.1) is 0 Å². The third-order valence-corrected chi connectivity index (χ3v) is 3.56. The molecule has 2 rings (SSSR count). The monoisotopic (exact) mass is 249 g/mol. The first kappa shape index (κ1) is 13.3. The maximum absolute atomic E-state index is 11.9. The van der Waals surface area contributed by atoms with Crippen molar-refractivity contribution < 1.29 is 4.79 Å². The van der Waals surface area contributed by atoms with Crippen molar-refractivity contribution in [2.75, 3.05) is 6.54 Å². The van der Waals surface area contributed by atoms with Crippen LogP contribution in [0.4, 0.5) is 0 Å². The molecule has 18 heavy (non-hydrogen) atoms. The zero-order valence-electron chi connectivity index (χ0n) is 11.2. The summed E-state index contributed by atoms with van der Waals surface area (Å²) >= 11 is 0. The Morgan fingerprint density at radius 3 is 3.00 bits per heavy atom. The average molecular weight is 249 g/mol. The maximum Gasteiger partial charge on any atom is 0.154 e. The van der Waals surface area contributed by atoms with Crippen LogP contribution in [0.25, 0.3) is 0 Å². The normalized spacial score (nSPS) is 16.3. The molecule has 4 heteroatoms. The number of nitrogens with zero attached hydrogens (tertiary/aromatic N) is 2. The summed E-state index contributed by atoms with van der Waals surface area (Å²) in [6.45, 7) is 3.57. The number of rotatable bonds is 7. The van der Waals surface area contributed by atoms with Crippen LogP contribution in [0.2, 0.25) is 0 Å². The lowest BCUT2D eigenvalue weighted by Gasteiger charge is -2.11. The number of carbonyl (C=O) groups is 1. The second-order valence-electron chi connectivity index (χ2n) is 5.11. The summed E-state index contributed by atoms with van der Waals surface area (Å²) in [5, 5.41) is 3.36. The van der Waals surface area contributed by atoms with E-state index in [0.717, 1.165) is 18.8 Å². The summed E-state index contributed by atoms with van der Waals surface area (Å²) in [5.41, 5.74) is 0. The van der Waals surface area contributed by atoms with E-state index in [1.807, 2.05) is 6.20 Å². The molecule has 0 aromatic carbocycles. The molecule has 1 aromatic rings. The SMILES string of the molecule is CCCn1ccnc1CC(=O)CNC1CCCC1. The van der Waals surface area contributed by atoms with Gasteiger partial charge in [-0.1, -0.05) is 19.8 Å². The summed E-state index contributed by atoms with van der Waals surface area (Å²) in [6, 6.07) is 0.560. The number of hydrogen-bond acceptors (Lipinski definition) is 3. The van der Waals surface area contributed by atoms with Gasteiger partial charge >= 0.3 is 0 Å². The minimum Gasteiger partial charge on any atom is -0.335 e. The van der Waals surface area contributed by atoms with Crippen LogP contribution in [-0.2, 0) is 17.8 Å². The summed E-state index contributed by atoms with van der Waals surface area (Å²) in [7, 11) is 0. The van der Waals surface area contributed by atoms with Gasteiger partial charge in [0.15, 0.2) is 5.78 Å². The van der Waals surface area contributed by atoms with Crippen LogP contribution in [-0.4, -0.2) is 27.9 Å². The van der Waals surface area contributed by atoms with Crippen LogP contribution in [0.15, 0.2) is 12.4 Å². The van der Waals surface area contributed by atoms with Gasteiger partial charge in [-0.2, -0.15) is 0 Å². The first-order chi connectivity index (χ1) is 8.79. The van der Waals surface area contributed by atoms with E-state index in [1.165, 1.54) is 25.7 Å². The molecule has 1 fully saturated rings. The number of carbonyl (C=O) groups excluding carboxylic acids is 1. The molecule has 1 aliphatic carbocycles. The number of aryl methyl sites for hydroxylation is 1. The number of aromatic nitrogens is 2. The Bertz CT molecular complexity index is 380. The lowest BCUT2D eigenvalue weighted by atomic mass is 10.2. The summed E-state index contributed by atoms with van der Waals surface area (Å²) in [5.74, 6) is 1.14. The van der Waals surface area contributed by atoms with E-state index in [-0.39, 0.29) is 5.78 Å². The zero-order chi connectivity index (χ0) is 12.8. The predicted molar refractivity (Wildman–Crippen MR) is 71.5 cm³/mol. The number of hydrogen-bond donors (Lipinski definition) is 1. The minimum atomic E-state index is 0.241. The van der Waals surface area contributed by atoms with E-state index in [4.69, 9.17) is 0 Å². The molecule has 1 saturated carbocycles. The lowest BCUT2D eigenvalue weighted by molar-refractivity contribution is -0.117. The summed E-state index contributed by atoms with van der Waals surface area (Å²) < 4.78 is 2.08. The molecule has 0 amide bonds. The van der Waals surface area contributed by atoms with Crippen molar-refractivity contribution in [3.05, 3.63) is 18.2 Å². The van der Waals surface area contributed by atoms with E-state index in [2.05, 4.69) is 21.8 Å². The van der Waals surface area contributed by atoms with Crippen molar-refractivity contribution in [1.82, 2.24) is 14.9 Å². The number of imidazole rings is 1. The second-order valence-corrected chi connectivity index (χ2v) is 5.11. The van der Waals surface area contributed by atoms with E-state index < -0.39 is 0 Å². The highest BCUT2D eigenvalue weighted by Gasteiger charge is 2.16. The molecule has 0 aliphatic heterocycles. The van der Waals surface area contributed by atoms with Crippen molar-refractivity contribution in [2.45, 2.75) is 58.0 Å². The Hall–Kier alpha value is -1.16. The molecule has 1 N–H and O–H groups in total. The summed E-state index contributed by atoms with van der Waals surface area (Å²) in [6.07, 6.45) is 10.3. The van der Waals surface area contributed by atoms with Gasteiger partial charge in [-0.05, 0) is 19.3 Å². The van der Waals surface area contributed by atoms with E-state index in [0.29, 0.717) is 19.0 Å².